The zero-order chi connectivity index (χ0) is 8.97. The number of aromatic nitrogens is 2. The van der Waals surface area contributed by atoms with Gasteiger partial charge in [0, 0.05) is 6.20 Å². The summed E-state index contributed by atoms with van der Waals surface area (Å²) in [5.74, 6) is -0.606. The summed E-state index contributed by atoms with van der Waals surface area (Å²) in [6.07, 6.45) is 1.31. The van der Waals surface area contributed by atoms with E-state index >= 15 is 0 Å². The molecule has 0 spiro atoms. The van der Waals surface area contributed by atoms with Crippen molar-refractivity contribution in [1.82, 2.24) is 9.97 Å². The fourth-order valence-corrected chi connectivity index (χ4v) is 0.682. The van der Waals surface area contributed by atoms with E-state index in [9.17, 15) is 9.18 Å². The van der Waals surface area contributed by atoms with Crippen molar-refractivity contribution in [2.45, 2.75) is 6.67 Å². The first kappa shape index (κ1) is 8.58. The number of alkyl halides is 1. The van der Waals surface area contributed by atoms with Crippen molar-refractivity contribution in [3.63, 3.8) is 0 Å². The van der Waals surface area contributed by atoms with E-state index in [1.54, 1.807) is 0 Å². The summed E-state index contributed by atoms with van der Waals surface area (Å²) in [6, 6.07) is 1.37. The maximum Gasteiger partial charge on any atom is 0.356 e. The van der Waals surface area contributed by atoms with E-state index in [1.165, 1.54) is 19.4 Å². The maximum atomic E-state index is 12.0. The topological polar surface area (TPSA) is 52.1 Å². The molecule has 0 atom stereocenters. The number of hydrogen-bond donors (Lipinski definition) is 0. The summed E-state index contributed by atoms with van der Waals surface area (Å²) >= 11 is 0. The van der Waals surface area contributed by atoms with Gasteiger partial charge in [-0.05, 0) is 6.07 Å². The Morgan fingerprint density at radius 3 is 3.08 bits per heavy atom. The summed E-state index contributed by atoms with van der Waals surface area (Å²) in [5.41, 5.74) is 0.0696. The van der Waals surface area contributed by atoms with Gasteiger partial charge in [-0.15, -0.1) is 0 Å². The molecule has 0 aliphatic rings. The minimum absolute atomic E-state index is 0.0158. The third-order valence-corrected chi connectivity index (χ3v) is 1.22. The highest BCUT2D eigenvalue weighted by Crippen LogP contribution is 1.98. The molecule has 4 nitrogen and oxygen atoms in total. The number of methoxy groups -OCH3 is 1. The quantitative estimate of drug-likeness (QED) is 0.614. The van der Waals surface area contributed by atoms with E-state index in [0.717, 1.165) is 0 Å². The van der Waals surface area contributed by atoms with Gasteiger partial charge in [-0.3, -0.25) is 0 Å². The number of rotatable bonds is 2. The fraction of sp³-hybridized carbons (Fsp3) is 0.286. The van der Waals surface area contributed by atoms with Crippen molar-refractivity contribution in [3.8, 4) is 0 Å². The smallest absolute Gasteiger partial charge is 0.356 e. The Morgan fingerprint density at radius 1 is 1.75 bits per heavy atom. The zero-order valence-corrected chi connectivity index (χ0v) is 6.45. The number of carbonyl (C=O) groups is 1. The van der Waals surface area contributed by atoms with Crippen LogP contribution in [0.1, 0.15) is 16.3 Å². The molecule has 0 fully saturated rings. The summed E-state index contributed by atoms with van der Waals surface area (Å²) in [4.78, 5) is 18.0. The van der Waals surface area contributed by atoms with Crippen LogP contribution in [0.15, 0.2) is 12.3 Å². The van der Waals surface area contributed by atoms with Crippen LogP contribution < -0.4 is 0 Å². The molecular weight excluding hydrogens is 163 g/mol. The lowest BCUT2D eigenvalue weighted by Gasteiger charge is -1.97. The summed E-state index contributed by atoms with van der Waals surface area (Å²) in [7, 11) is 1.24. The van der Waals surface area contributed by atoms with Crippen molar-refractivity contribution >= 4 is 5.97 Å². The third-order valence-electron chi connectivity index (χ3n) is 1.22. The Bertz CT molecular complexity index is 290. The second-order valence-electron chi connectivity index (χ2n) is 1.98. The van der Waals surface area contributed by atoms with Crippen LogP contribution in [-0.4, -0.2) is 23.0 Å². The number of carbonyl (C=O) groups excluding carboxylic acids is 1. The first-order valence-corrected chi connectivity index (χ1v) is 3.24. The average molecular weight is 170 g/mol. The largest absolute Gasteiger partial charge is 0.464 e. The molecule has 0 aliphatic carbocycles. The van der Waals surface area contributed by atoms with Gasteiger partial charge in [0.1, 0.15) is 6.67 Å². The number of ether oxygens (including phenoxy) is 1. The van der Waals surface area contributed by atoms with E-state index in [0.29, 0.717) is 0 Å². The molecule has 0 unspecified atom stereocenters. The molecule has 1 aromatic heterocycles. The highest BCUT2D eigenvalue weighted by Gasteiger charge is 2.07. The second kappa shape index (κ2) is 3.75. The fourth-order valence-electron chi connectivity index (χ4n) is 0.682. The lowest BCUT2D eigenvalue weighted by molar-refractivity contribution is 0.0593. The molecule has 0 radical (unpaired) electrons. The van der Waals surface area contributed by atoms with Crippen LogP contribution >= 0.6 is 0 Å². The van der Waals surface area contributed by atoms with Crippen molar-refractivity contribution < 1.29 is 13.9 Å². The van der Waals surface area contributed by atoms with Crippen LogP contribution in [-0.2, 0) is 11.4 Å². The predicted molar refractivity (Wildman–Crippen MR) is 38.2 cm³/mol. The zero-order valence-electron chi connectivity index (χ0n) is 6.45. The molecule has 64 valence electrons. The van der Waals surface area contributed by atoms with Crippen LogP contribution in [0.2, 0.25) is 0 Å². The molecule has 0 N–H and O–H groups in total. The van der Waals surface area contributed by atoms with Crippen LogP contribution in [0.25, 0.3) is 0 Å². The number of nitrogens with zero attached hydrogens (tertiary/aromatic N) is 2. The standard InChI is InChI=1S/C7H7FN2O2/c1-12-7(11)5-2-3-9-6(4-8)10-5/h2-3H,4H2,1H3. The van der Waals surface area contributed by atoms with Crippen LogP contribution in [0.3, 0.4) is 0 Å². The van der Waals surface area contributed by atoms with Crippen LogP contribution in [0.5, 0.6) is 0 Å². The third kappa shape index (κ3) is 1.75. The van der Waals surface area contributed by atoms with E-state index in [4.69, 9.17) is 0 Å². The summed E-state index contributed by atoms with van der Waals surface area (Å²) < 4.78 is 16.4. The van der Waals surface area contributed by atoms with Gasteiger partial charge >= 0.3 is 5.97 Å². The lowest BCUT2D eigenvalue weighted by atomic mass is 10.4. The minimum Gasteiger partial charge on any atom is -0.464 e. The Labute approximate surface area is 68.4 Å². The Hall–Kier alpha value is -1.52. The Kier molecular flexibility index (Phi) is 2.68. The molecule has 0 aliphatic heterocycles. The molecular formula is C7H7FN2O2. The molecule has 0 saturated carbocycles. The summed E-state index contributed by atoms with van der Waals surface area (Å²) in [5, 5.41) is 0. The molecule has 12 heavy (non-hydrogen) atoms. The number of halogens is 1. The molecule has 5 heteroatoms. The normalized spacial score (nSPS) is 9.50. The Morgan fingerprint density at radius 2 is 2.50 bits per heavy atom. The van der Waals surface area contributed by atoms with Crippen molar-refractivity contribution in [2.24, 2.45) is 0 Å². The minimum atomic E-state index is -0.787. The highest BCUT2D eigenvalue weighted by molar-refractivity contribution is 5.86. The van der Waals surface area contributed by atoms with Gasteiger partial charge in [-0.25, -0.2) is 19.2 Å². The summed E-state index contributed by atoms with van der Waals surface area (Å²) in [6.45, 7) is -0.787. The van der Waals surface area contributed by atoms with E-state index in [-0.39, 0.29) is 11.5 Å². The molecule has 0 aromatic carbocycles. The Balaban J connectivity index is 2.93. The van der Waals surface area contributed by atoms with E-state index < -0.39 is 12.6 Å². The monoisotopic (exact) mass is 170 g/mol. The maximum absolute atomic E-state index is 12.0. The predicted octanol–water partition coefficient (Wildman–Crippen LogP) is 0.733. The number of esters is 1. The van der Waals surface area contributed by atoms with Gasteiger partial charge in [0.15, 0.2) is 11.5 Å². The molecule has 1 rings (SSSR count). The van der Waals surface area contributed by atoms with Gasteiger partial charge in [-0.1, -0.05) is 0 Å². The van der Waals surface area contributed by atoms with Gasteiger partial charge in [0.05, 0.1) is 7.11 Å². The van der Waals surface area contributed by atoms with Crippen LogP contribution in [0.4, 0.5) is 4.39 Å². The molecule has 1 aromatic rings. The van der Waals surface area contributed by atoms with Gasteiger partial charge < -0.3 is 4.74 Å². The van der Waals surface area contributed by atoms with Gasteiger partial charge in [0.2, 0.25) is 0 Å². The van der Waals surface area contributed by atoms with E-state index in [2.05, 4.69) is 14.7 Å². The second-order valence-corrected chi connectivity index (χ2v) is 1.98. The number of hydrogen-bond acceptors (Lipinski definition) is 4. The molecule has 1 heterocycles. The molecule has 0 saturated heterocycles. The SMILES string of the molecule is COC(=O)c1ccnc(CF)n1. The van der Waals surface area contributed by atoms with Crippen molar-refractivity contribution in [3.05, 3.63) is 23.8 Å². The van der Waals surface area contributed by atoms with E-state index in [1.807, 2.05) is 0 Å². The van der Waals surface area contributed by atoms with Crippen LogP contribution in [0, 0.1) is 0 Å². The average Bonchev–Trinajstić information content (AvgIpc) is 2.17. The lowest BCUT2D eigenvalue weighted by Crippen LogP contribution is -2.06. The first-order chi connectivity index (χ1) is 5.77. The first-order valence-electron chi connectivity index (χ1n) is 3.24. The molecule has 0 amide bonds. The van der Waals surface area contributed by atoms with Gasteiger partial charge in [0.25, 0.3) is 0 Å². The van der Waals surface area contributed by atoms with Gasteiger partial charge in [-0.2, -0.15) is 0 Å². The molecule has 0 bridgehead atoms. The van der Waals surface area contributed by atoms with Crippen molar-refractivity contribution in [2.75, 3.05) is 7.11 Å². The highest BCUT2D eigenvalue weighted by atomic mass is 19.1. The van der Waals surface area contributed by atoms with Crippen molar-refractivity contribution in [1.29, 1.82) is 0 Å².